The number of hydrogen-bond acceptors (Lipinski definition) is 4. The molecule has 0 saturated carbocycles. The minimum absolute atomic E-state index is 0.0394. The Balaban J connectivity index is 2.87. The minimum atomic E-state index is -3.54. The molecule has 0 aromatic heterocycles. The Bertz CT molecular complexity index is 258. The number of oxime groups is 1. The van der Waals surface area contributed by atoms with Crippen molar-refractivity contribution in [1.82, 2.24) is 0 Å². The lowest BCUT2D eigenvalue weighted by Gasteiger charge is -1.99. The van der Waals surface area contributed by atoms with E-state index in [1.807, 2.05) is 0 Å². The summed E-state index contributed by atoms with van der Waals surface area (Å²) in [7, 11) is 1.51. The first-order valence-electron chi connectivity index (χ1n) is 2.62. The van der Waals surface area contributed by atoms with Gasteiger partial charge in [-0.1, -0.05) is 5.16 Å². The summed E-state index contributed by atoms with van der Waals surface area (Å²) in [4.78, 5) is 4.52. The highest BCUT2D eigenvalue weighted by Crippen LogP contribution is 2.14. The quantitative estimate of drug-likeness (QED) is 0.551. The van der Waals surface area contributed by atoms with Crippen LogP contribution in [0.4, 0.5) is 0 Å². The molecule has 1 rings (SSSR count). The zero-order valence-electron chi connectivity index (χ0n) is 5.24. The standard InChI is InChI=1S/C4H6ClNO3S/c1-3-4(2-9-6-3)10(5,7)8/h4H,2H2,1H3. The van der Waals surface area contributed by atoms with Gasteiger partial charge >= 0.3 is 0 Å². The molecule has 1 aliphatic rings. The van der Waals surface area contributed by atoms with E-state index in [9.17, 15) is 8.42 Å². The van der Waals surface area contributed by atoms with Crippen molar-refractivity contribution in [2.45, 2.75) is 12.2 Å². The molecule has 0 bridgehead atoms. The van der Waals surface area contributed by atoms with E-state index in [1.165, 1.54) is 0 Å². The molecular formula is C4H6ClNO3S. The Labute approximate surface area is 63.2 Å². The van der Waals surface area contributed by atoms with Crippen LogP contribution in [0.25, 0.3) is 0 Å². The minimum Gasteiger partial charge on any atom is -0.394 e. The summed E-state index contributed by atoms with van der Waals surface area (Å²) in [6.07, 6.45) is 0. The van der Waals surface area contributed by atoms with Crippen LogP contribution < -0.4 is 0 Å². The SMILES string of the molecule is CC1=NOCC1S(=O)(=O)Cl. The lowest BCUT2D eigenvalue weighted by molar-refractivity contribution is 0.174. The highest BCUT2D eigenvalue weighted by atomic mass is 35.7. The lowest BCUT2D eigenvalue weighted by atomic mass is 10.3. The predicted molar refractivity (Wildman–Crippen MR) is 37.6 cm³/mol. The van der Waals surface area contributed by atoms with Gasteiger partial charge in [-0.2, -0.15) is 0 Å². The maximum atomic E-state index is 10.6. The number of nitrogens with zero attached hydrogens (tertiary/aromatic N) is 1. The fourth-order valence-electron chi connectivity index (χ4n) is 0.671. The monoisotopic (exact) mass is 183 g/mol. The van der Waals surface area contributed by atoms with Crippen LogP contribution >= 0.6 is 10.7 Å². The Morgan fingerprint density at radius 2 is 2.40 bits per heavy atom. The van der Waals surface area contributed by atoms with Crippen molar-refractivity contribution in [1.29, 1.82) is 0 Å². The number of rotatable bonds is 1. The van der Waals surface area contributed by atoms with Crippen molar-refractivity contribution < 1.29 is 13.3 Å². The molecule has 0 amide bonds. The summed E-state index contributed by atoms with van der Waals surface area (Å²) in [5.74, 6) is 0. The zero-order chi connectivity index (χ0) is 7.78. The fraction of sp³-hybridized carbons (Fsp3) is 0.750. The van der Waals surface area contributed by atoms with Gasteiger partial charge in [-0.3, -0.25) is 0 Å². The van der Waals surface area contributed by atoms with Crippen molar-refractivity contribution >= 4 is 25.4 Å². The fourth-order valence-corrected chi connectivity index (χ4v) is 1.89. The van der Waals surface area contributed by atoms with Crippen molar-refractivity contribution in [2.24, 2.45) is 5.16 Å². The summed E-state index contributed by atoms with van der Waals surface area (Å²) < 4.78 is 21.3. The molecular weight excluding hydrogens is 178 g/mol. The van der Waals surface area contributed by atoms with Gasteiger partial charge in [-0.05, 0) is 6.92 Å². The topological polar surface area (TPSA) is 55.7 Å². The molecule has 0 aromatic carbocycles. The maximum absolute atomic E-state index is 10.6. The first-order chi connectivity index (χ1) is 4.52. The maximum Gasteiger partial charge on any atom is 0.244 e. The molecule has 0 aromatic rings. The van der Waals surface area contributed by atoms with Gasteiger partial charge in [0.2, 0.25) is 9.05 Å². The van der Waals surface area contributed by atoms with Gasteiger partial charge in [0.05, 0.1) is 5.71 Å². The van der Waals surface area contributed by atoms with Crippen LogP contribution in [-0.4, -0.2) is 26.0 Å². The Hall–Kier alpha value is -0.290. The van der Waals surface area contributed by atoms with Crippen LogP contribution in [0, 0.1) is 0 Å². The molecule has 10 heavy (non-hydrogen) atoms. The van der Waals surface area contributed by atoms with E-state index in [1.54, 1.807) is 6.92 Å². The second-order valence-electron chi connectivity index (χ2n) is 1.99. The highest BCUT2D eigenvalue weighted by molar-refractivity contribution is 8.14. The first-order valence-corrected chi connectivity index (χ1v) is 4.99. The molecule has 0 saturated heterocycles. The third kappa shape index (κ3) is 1.41. The van der Waals surface area contributed by atoms with Crippen LogP contribution in [0.1, 0.15) is 6.92 Å². The number of hydrogen-bond donors (Lipinski definition) is 0. The normalized spacial score (nSPS) is 25.8. The Kier molecular flexibility index (Phi) is 1.87. The second-order valence-corrected chi connectivity index (χ2v) is 4.80. The summed E-state index contributed by atoms with van der Waals surface area (Å²) in [5, 5.41) is 2.68. The second kappa shape index (κ2) is 2.39. The zero-order valence-corrected chi connectivity index (χ0v) is 6.82. The molecule has 0 radical (unpaired) electrons. The van der Waals surface area contributed by atoms with Crippen molar-refractivity contribution in [3.8, 4) is 0 Å². The largest absolute Gasteiger partial charge is 0.394 e. The van der Waals surface area contributed by atoms with Gasteiger partial charge in [-0.15, -0.1) is 0 Å². The first kappa shape index (κ1) is 7.81. The van der Waals surface area contributed by atoms with E-state index >= 15 is 0 Å². The number of halogens is 1. The molecule has 0 fully saturated rings. The predicted octanol–water partition coefficient (Wildman–Crippen LogP) is 0.330. The van der Waals surface area contributed by atoms with Crippen LogP contribution in [0.15, 0.2) is 5.16 Å². The van der Waals surface area contributed by atoms with Crippen molar-refractivity contribution in [3.63, 3.8) is 0 Å². The van der Waals surface area contributed by atoms with Gasteiger partial charge in [0.1, 0.15) is 6.61 Å². The van der Waals surface area contributed by atoms with Gasteiger partial charge in [0, 0.05) is 10.7 Å². The van der Waals surface area contributed by atoms with Crippen LogP contribution in [0.2, 0.25) is 0 Å². The molecule has 58 valence electrons. The molecule has 0 spiro atoms. The average molecular weight is 184 g/mol. The van der Waals surface area contributed by atoms with Gasteiger partial charge < -0.3 is 4.84 Å². The van der Waals surface area contributed by atoms with E-state index in [-0.39, 0.29) is 6.61 Å². The molecule has 1 unspecified atom stereocenters. The molecule has 1 heterocycles. The summed E-state index contributed by atoms with van der Waals surface area (Å²) in [6, 6.07) is 0. The third-order valence-electron chi connectivity index (χ3n) is 1.24. The van der Waals surface area contributed by atoms with E-state index in [2.05, 4.69) is 9.99 Å². The van der Waals surface area contributed by atoms with Crippen molar-refractivity contribution in [3.05, 3.63) is 0 Å². The summed E-state index contributed by atoms with van der Waals surface area (Å²) in [5.41, 5.74) is 0.412. The third-order valence-corrected chi connectivity index (χ3v) is 3.04. The Morgan fingerprint density at radius 1 is 1.80 bits per heavy atom. The summed E-state index contributed by atoms with van der Waals surface area (Å²) >= 11 is 0. The highest BCUT2D eigenvalue weighted by Gasteiger charge is 2.31. The van der Waals surface area contributed by atoms with Crippen LogP contribution in [0.3, 0.4) is 0 Å². The summed E-state index contributed by atoms with van der Waals surface area (Å²) in [6.45, 7) is 1.61. The molecule has 6 heteroatoms. The molecule has 1 aliphatic heterocycles. The average Bonchev–Trinajstić information content (AvgIpc) is 2.11. The van der Waals surface area contributed by atoms with E-state index in [4.69, 9.17) is 10.7 Å². The van der Waals surface area contributed by atoms with Gasteiger partial charge in [-0.25, -0.2) is 8.42 Å². The molecule has 0 aliphatic carbocycles. The smallest absolute Gasteiger partial charge is 0.244 e. The molecule has 4 nitrogen and oxygen atoms in total. The Morgan fingerprint density at radius 3 is 2.60 bits per heavy atom. The van der Waals surface area contributed by atoms with Crippen LogP contribution in [0.5, 0.6) is 0 Å². The van der Waals surface area contributed by atoms with Gasteiger partial charge in [0.15, 0.2) is 5.25 Å². The van der Waals surface area contributed by atoms with E-state index in [0.717, 1.165) is 0 Å². The molecule has 1 atom stereocenters. The van der Waals surface area contributed by atoms with E-state index in [0.29, 0.717) is 5.71 Å². The van der Waals surface area contributed by atoms with Crippen molar-refractivity contribution in [2.75, 3.05) is 6.61 Å². The van der Waals surface area contributed by atoms with Crippen LogP contribution in [-0.2, 0) is 13.9 Å². The van der Waals surface area contributed by atoms with E-state index < -0.39 is 14.3 Å². The van der Waals surface area contributed by atoms with Gasteiger partial charge in [0.25, 0.3) is 0 Å². The molecule has 0 N–H and O–H groups in total. The lowest BCUT2D eigenvalue weighted by Crippen LogP contribution is -2.24.